The molecule has 4 heteroatoms. The number of rotatable bonds is 4. The summed E-state index contributed by atoms with van der Waals surface area (Å²) in [7, 11) is 3.77. The standard InChI is InChI=1S/C10H21N3O/c1-11-7-8-13(2)10(14)9-5-3-4-6-12-9/h9,11-12H,3-8H2,1-2H3/t9-/m1/s1. The molecule has 0 radical (unpaired) electrons. The van der Waals surface area contributed by atoms with Gasteiger partial charge in [0.05, 0.1) is 6.04 Å². The first-order valence-electron chi connectivity index (χ1n) is 5.38. The van der Waals surface area contributed by atoms with Gasteiger partial charge in [0.25, 0.3) is 0 Å². The molecule has 14 heavy (non-hydrogen) atoms. The first-order chi connectivity index (χ1) is 6.75. The van der Waals surface area contributed by atoms with Crippen LogP contribution < -0.4 is 10.6 Å². The molecule has 0 aromatic heterocycles. The molecule has 0 aromatic carbocycles. The summed E-state index contributed by atoms with van der Waals surface area (Å²) >= 11 is 0. The van der Waals surface area contributed by atoms with Crippen molar-refractivity contribution in [3.8, 4) is 0 Å². The van der Waals surface area contributed by atoms with Crippen molar-refractivity contribution in [1.29, 1.82) is 0 Å². The molecule has 1 rings (SSSR count). The Bertz CT molecular complexity index is 178. The van der Waals surface area contributed by atoms with Gasteiger partial charge in [0.1, 0.15) is 0 Å². The molecule has 0 bridgehead atoms. The van der Waals surface area contributed by atoms with E-state index in [4.69, 9.17) is 0 Å². The molecule has 1 amide bonds. The second-order valence-electron chi connectivity index (χ2n) is 3.87. The molecule has 82 valence electrons. The van der Waals surface area contributed by atoms with Gasteiger partial charge in [-0.1, -0.05) is 6.42 Å². The molecule has 2 N–H and O–H groups in total. The molecule has 0 spiro atoms. The fraction of sp³-hybridized carbons (Fsp3) is 0.900. The lowest BCUT2D eigenvalue weighted by Gasteiger charge is -2.27. The van der Waals surface area contributed by atoms with Crippen LogP contribution in [0.25, 0.3) is 0 Å². The Morgan fingerprint density at radius 2 is 2.36 bits per heavy atom. The van der Waals surface area contributed by atoms with Gasteiger partial charge in [-0.25, -0.2) is 0 Å². The van der Waals surface area contributed by atoms with Gasteiger partial charge in [0.15, 0.2) is 0 Å². The van der Waals surface area contributed by atoms with Crippen molar-refractivity contribution < 1.29 is 4.79 Å². The van der Waals surface area contributed by atoms with Crippen LogP contribution in [-0.4, -0.2) is 50.6 Å². The molecule has 0 saturated carbocycles. The molecular weight excluding hydrogens is 178 g/mol. The van der Waals surface area contributed by atoms with Crippen molar-refractivity contribution in [3.63, 3.8) is 0 Å². The topological polar surface area (TPSA) is 44.4 Å². The van der Waals surface area contributed by atoms with Gasteiger partial charge >= 0.3 is 0 Å². The third kappa shape index (κ3) is 3.27. The molecule has 4 nitrogen and oxygen atoms in total. The summed E-state index contributed by atoms with van der Waals surface area (Å²) < 4.78 is 0. The summed E-state index contributed by atoms with van der Waals surface area (Å²) in [4.78, 5) is 13.6. The number of carbonyl (C=O) groups excluding carboxylic acids is 1. The van der Waals surface area contributed by atoms with Crippen molar-refractivity contribution in [2.75, 3.05) is 33.7 Å². The van der Waals surface area contributed by atoms with Crippen LogP contribution >= 0.6 is 0 Å². The van der Waals surface area contributed by atoms with Crippen LogP contribution in [-0.2, 0) is 4.79 Å². The van der Waals surface area contributed by atoms with E-state index in [2.05, 4.69) is 10.6 Å². The monoisotopic (exact) mass is 199 g/mol. The SMILES string of the molecule is CNCCN(C)C(=O)[C@H]1CCCCN1. The summed E-state index contributed by atoms with van der Waals surface area (Å²) in [6.07, 6.45) is 3.36. The predicted octanol–water partition coefficient (Wildman–Crippen LogP) is -0.194. The predicted molar refractivity (Wildman–Crippen MR) is 57.2 cm³/mol. The largest absolute Gasteiger partial charge is 0.343 e. The van der Waals surface area contributed by atoms with E-state index in [9.17, 15) is 4.79 Å². The van der Waals surface area contributed by atoms with Crippen molar-refractivity contribution in [3.05, 3.63) is 0 Å². The summed E-state index contributed by atoms with van der Waals surface area (Å²) in [5.74, 6) is 0.236. The Morgan fingerprint density at radius 3 is 2.93 bits per heavy atom. The van der Waals surface area contributed by atoms with E-state index >= 15 is 0 Å². The van der Waals surface area contributed by atoms with Crippen molar-refractivity contribution in [2.45, 2.75) is 25.3 Å². The minimum Gasteiger partial charge on any atom is -0.343 e. The first-order valence-corrected chi connectivity index (χ1v) is 5.38. The fourth-order valence-corrected chi connectivity index (χ4v) is 1.72. The number of hydrogen-bond donors (Lipinski definition) is 2. The zero-order valence-corrected chi connectivity index (χ0v) is 9.18. The van der Waals surface area contributed by atoms with Gasteiger partial charge in [-0.2, -0.15) is 0 Å². The zero-order valence-electron chi connectivity index (χ0n) is 9.18. The van der Waals surface area contributed by atoms with Crippen LogP contribution in [0.5, 0.6) is 0 Å². The Balaban J connectivity index is 2.30. The van der Waals surface area contributed by atoms with E-state index in [0.717, 1.165) is 26.1 Å². The zero-order chi connectivity index (χ0) is 10.4. The van der Waals surface area contributed by atoms with Crippen LogP contribution in [0.15, 0.2) is 0 Å². The molecule has 1 aliphatic rings. The quantitative estimate of drug-likeness (QED) is 0.659. The Morgan fingerprint density at radius 1 is 1.57 bits per heavy atom. The Hall–Kier alpha value is -0.610. The van der Waals surface area contributed by atoms with Crippen molar-refractivity contribution >= 4 is 5.91 Å². The molecule has 0 unspecified atom stereocenters. The molecule has 0 aromatic rings. The van der Waals surface area contributed by atoms with E-state index < -0.39 is 0 Å². The van der Waals surface area contributed by atoms with Crippen molar-refractivity contribution in [2.24, 2.45) is 0 Å². The number of piperidine rings is 1. The van der Waals surface area contributed by atoms with E-state index in [1.807, 2.05) is 14.1 Å². The maximum atomic E-state index is 11.8. The average molecular weight is 199 g/mol. The molecule has 1 atom stereocenters. The molecule has 1 fully saturated rings. The minimum atomic E-state index is 0.0607. The summed E-state index contributed by atoms with van der Waals surface area (Å²) in [6.45, 7) is 2.62. The van der Waals surface area contributed by atoms with E-state index in [1.165, 1.54) is 12.8 Å². The number of likely N-dealkylation sites (N-methyl/N-ethyl adjacent to an activating group) is 2. The molecule has 1 saturated heterocycles. The van der Waals surface area contributed by atoms with E-state index in [1.54, 1.807) is 4.90 Å². The van der Waals surface area contributed by atoms with Crippen LogP contribution in [0, 0.1) is 0 Å². The van der Waals surface area contributed by atoms with Crippen LogP contribution in [0.3, 0.4) is 0 Å². The Kier molecular flexibility index (Phi) is 4.90. The summed E-state index contributed by atoms with van der Waals surface area (Å²) in [5, 5.41) is 6.31. The number of carbonyl (C=O) groups is 1. The highest BCUT2D eigenvalue weighted by Gasteiger charge is 2.22. The highest BCUT2D eigenvalue weighted by Crippen LogP contribution is 2.08. The number of hydrogen-bond acceptors (Lipinski definition) is 3. The van der Waals surface area contributed by atoms with Gasteiger partial charge in [0, 0.05) is 20.1 Å². The normalized spacial score (nSPS) is 22.0. The smallest absolute Gasteiger partial charge is 0.239 e. The van der Waals surface area contributed by atoms with Crippen LogP contribution in [0.2, 0.25) is 0 Å². The average Bonchev–Trinajstić information content (AvgIpc) is 2.26. The highest BCUT2D eigenvalue weighted by atomic mass is 16.2. The second kappa shape index (κ2) is 5.98. The Labute approximate surface area is 86.0 Å². The molecule has 1 heterocycles. The summed E-state index contributed by atoms with van der Waals surface area (Å²) in [6, 6.07) is 0.0607. The second-order valence-corrected chi connectivity index (χ2v) is 3.87. The van der Waals surface area contributed by atoms with E-state index in [0.29, 0.717) is 0 Å². The van der Waals surface area contributed by atoms with Gasteiger partial charge in [-0.15, -0.1) is 0 Å². The maximum absolute atomic E-state index is 11.8. The van der Waals surface area contributed by atoms with Gasteiger partial charge in [-0.3, -0.25) is 4.79 Å². The van der Waals surface area contributed by atoms with E-state index in [-0.39, 0.29) is 11.9 Å². The lowest BCUT2D eigenvalue weighted by molar-refractivity contribution is -0.132. The van der Waals surface area contributed by atoms with Crippen LogP contribution in [0.1, 0.15) is 19.3 Å². The van der Waals surface area contributed by atoms with Crippen LogP contribution in [0.4, 0.5) is 0 Å². The fourth-order valence-electron chi connectivity index (χ4n) is 1.72. The summed E-state index contributed by atoms with van der Waals surface area (Å²) in [5.41, 5.74) is 0. The number of amides is 1. The van der Waals surface area contributed by atoms with Gasteiger partial charge < -0.3 is 15.5 Å². The highest BCUT2D eigenvalue weighted by molar-refractivity contribution is 5.81. The van der Waals surface area contributed by atoms with Crippen molar-refractivity contribution in [1.82, 2.24) is 15.5 Å². The maximum Gasteiger partial charge on any atom is 0.239 e. The lowest BCUT2D eigenvalue weighted by atomic mass is 10.0. The first kappa shape index (κ1) is 11.5. The third-order valence-corrected chi connectivity index (χ3v) is 2.68. The molecule has 0 aliphatic carbocycles. The number of nitrogens with zero attached hydrogens (tertiary/aromatic N) is 1. The third-order valence-electron chi connectivity index (χ3n) is 2.68. The molecular formula is C10H21N3O. The lowest BCUT2D eigenvalue weighted by Crippen LogP contribution is -2.48. The number of nitrogens with one attached hydrogen (secondary N) is 2. The van der Waals surface area contributed by atoms with Gasteiger partial charge in [-0.05, 0) is 26.4 Å². The molecule has 1 aliphatic heterocycles. The van der Waals surface area contributed by atoms with Gasteiger partial charge in [0.2, 0.25) is 5.91 Å². The minimum absolute atomic E-state index is 0.0607.